The van der Waals surface area contributed by atoms with Crippen LogP contribution in [0.4, 0.5) is 0 Å². The number of ether oxygens (including phenoxy) is 1. The number of nitrogens with one attached hydrogen (secondary N) is 2. The Hall–Kier alpha value is -2.32. The predicted molar refractivity (Wildman–Crippen MR) is 110 cm³/mol. The van der Waals surface area contributed by atoms with Crippen LogP contribution in [0, 0.1) is 0 Å². The molecule has 1 aliphatic carbocycles. The van der Waals surface area contributed by atoms with E-state index in [0.29, 0.717) is 19.2 Å². The molecule has 2 aromatic heterocycles. The van der Waals surface area contributed by atoms with Gasteiger partial charge in [0.2, 0.25) is 5.91 Å². The Morgan fingerprint density at radius 2 is 2.21 bits per heavy atom. The molecule has 1 atom stereocenters. The summed E-state index contributed by atoms with van der Waals surface area (Å²) in [6.07, 6.45) is 5.05. The summed E-state index contributed by atoms with van der Waals surface area (Å²) < 4.78 is 7.22. The molecular formula is C20H25N5O2S. The van der Waals surface area contributed by atoms with Gasteiger partial charge in [0, 0.05) is 49.0 Å². The van der Waals surface area contributed by atoms with E-state index in [1.165, 1.54) is 11.8 Å². The second-order valence-corrected chi connectivity index (χ2v) is 8.36. The number of hydrogen-bond donors (Lipinski definition) is 2. The van der Waals surface area contributed by atoms with E-state index in [1.807, 2.05) is 25.3 Å². The normalized spacial score (nSPS) is 15.1. The minimum atomic E-state index is -0.236. The lowest BCUT2D eigenvalue weighted by Crippen LogP contribution is -2.32. The Bertz CT molecular complexity index is 963. The van der Waals surface area contributed by atoms with Gasteiger partial charge in [0.15, 0.2) is 11.0 Å². The third kappa shape index (κ3) is 3.93. The maximum atomic E-state index is 12.4. The maximum absolute atomic E-state index is 12.4. The van der Waals surface area contributed by atoms with Crippen molar-refractivity contribution in [3.63, 3.8) is 0 Å². The molecule has 2 N–H and O–H groups in total. The number of thioether (sulfide) groups is 1. The fourth-order valence-corrected chi connectivity index (χ4v) is 4.19. The molecule has 8 heteroatoms. The van der Waals surface area contributed by atoms with E-state index in [1.54, 1.807) is 7.11 Å². The smallest absolute Gasteiger partial charge is 0.233 e. The summed E-state index contributed by atoms with van der Waals surface area (Å²) in [5.74, 6) is 0.884. The molecule has 0 aliphatic heterocycles. The Labute approximate surface area is 168 Å². The van der Waals surface area contributed by atoms with E-state index in [2.05, 4.69) is 37.2 Å². The molecule has 0 radical (unpaired) electrons. The molecule has 0 spiro atoms. The average Bonchev–Trinajstić information content (AvgIpc) is 3.32. The summed E-state index contributed by atoms with van der Waals surface area (Å²) in [5.41, 5.74) is 2.14. The van der Waals surface area contributed by atoms with E-state index < -0.39 is 0 Å². The minimum Gasteiger partial charge on any atom is -0.385 e. The number of nitrogens with zero attached hydrogens (tertiary/aromatic N) is 3. The van der Waals surface area contributed by atoms with Crippen molar-refractivity contribution in [1.29, 1.82) is 0 Å². The number of methoxy groups -OCH3 is 1. The first-order valence-corrected chi connectivity index (χ1v) is 10.5. The van der Waals surface area contributed by atoms with E-state index in [0.717, 1.165) is 46.7 Å². The first-order chi connectivity index (χ1) is 13.7. The number of fused-ring (bicyclic) bond motifs is 1. The van der Waals surface area contributed by atoms with E-state index >= 15 is 0 Å². The molecule has 1 saturated carbocycles. The highest BCUT2D eigenvalue weighted by atomic mass is 32.2. The molecular weight excluding hydrogens is 374 g/mol. The Morgan fingerprint density at radius 3 is 3.00 bits per heavy atom. The molecule has 148 valence electrons. The van der Waals surface area contributed by atoms with Gasteiger partial charge in [0.25, 0.3) is 0 Å². The maximum Gasteiger partial charge on any atom is 0.233 e. The molecule has 3 aromatic rings. The van der Waals surface area contributed by atoms with Gasteiger partial charge in [-0.2, -0.15) is 0 Å². The van der Waals surface area contributed by atoms with Gasteiger partial charge in [0.1, 0.15) is 0 Å². The number of hydrogen-bond acceptors (Lipinski definition) is 5. The highest BCUT2D eigenvalue weighted by molar-refractivity contribution is 8.00. The van der Waals surface area contributed by atoms with Crippen LogP contribution in [0.25, 0.3) is 22.3 Å². The first kappa shape index (κ1) is 19.0. The number of rotatable bonds is 9. The first-order valence-electron chi connectivity index (χ1n) is 9.63. The lowest BCUT2D eigenvalue weighted by Gasteiger charge is -2.13. The molecule has 0 saturated heterocycles. The minimum absolute atomic E-state index is 0.0140. The van der Waals surface area contributed by atoms with Crippen LogP contribution >= 0.6 is 11.8 Å². The van der Waals surface area contributed by atoms with Gasteiger partial charge in [-0.3, -0.25) is 9.36 Å². The summed E-state index contributed by atoms with van der Waals surface area (Å²) >= 11 is 1.47. The van der Waals surface area contributed by atoms with E-state index in [4.69, 9.17) is 4.74 Å². The predicted octanol–water partition coefficient (Wildman–Crippen LogP) is 3.39. The standard InChI is InChI=1S/C20H25N5O2S/c1-13(19(26)21-10-5-11-27-2)28-20-24-23-18(25(20)14-8-9-14)16-12-22-17-7-4-3-6-15(16)17/h3-4,6-7,12-14,22H,5,8-11H2,1-2H3,(H,21,26). The summed E-state index contributed by atoms with van der Waals surface area (Å²) in [5, 5.41) is 13.6. The molecule has 28 heavy (non-hydrogen) atoms. The SMILES string of the molecule is COCCCNC(=O)C(C)Sc1nnc(-c2c[nH]c3ccccc23)n1C1CC1. The highest BCUT2D eigenvalue weighted by Crippen LogP contribution is 2.42. The third-order valence-corrected chi connectivity index (χ3v) is 5.94. The van der Waals surface area contributed by atoms with Crippen LogP contribution in [0.5, 0.6) is 0 Å². The number of carbonyl (C=O) groups excluding carboxylic acids is 1. The largest absolute Gasteiger partial charge is 0.385 e. The van der Waals surface area contributed by atoms with Crippen LogP contribution in [-0.2, 0) is 9.53 Å². The lowest BCUT2D eigenvalue weighted by molar-refractivity contribution is -0.120. The molecule has 1 fully saturated rings. The summed E-state index contributed by atoms with van der Waals surface area (Å²) in [6, 6.07) is 8.61. The molecule has 2 heterocycles. The number of benzene rings is 1. The Balaban J connectivity index is 1.54. The van der Waals surface area contributed by atoms with E-state index in [9.17, 15) is 4.79 Å². The Kier molecular flexibility index (Phi) is 5.68. The second-order valence-electron chi connectivity index (χ2n) is 7.05. The van der Waals surface area contributed by atoms with Gasteiger partial charge in [-0.25, -0.2) is 0 Å². The van der Waals surface area contributed by atoms with Crippen LogP contribution < -0.4 is 5.32 Å². The van der Waals surface area contributed by atoms with Crippen molar-refractivity contribution in [2.24, 2.45) is 0 Å². The number of aromatic nitrogens is 4. The molecule has 7 nitrogen and oxygen atoms in total. The van der Waals surface area contributed by atoms with Crippen molar-refractivity contribution >= 4 is 28.6 Å². The highest BCUT2D eigenvalue weighted by Gasteiger charge is 2.32. The third-order valence-electron chi connectivity index (χ3n) is 4.88. The van der Waals surface area contributed by atoms with Gasteiger partial charge in [-0.05, 0) is 32.3 Å². The number of H-pyrrole nitrogens is 1. The summed E-state index contributed by atoms with van der Waals surface area (Å²) in [4.78, 5) is 15.7. The molecule has 1 aromatic carbocycles. The zero-order valence-electron chi connectivity index (χ0n) is 16.1. The van der Waals surface area contributed by atoms with Crippen molar-refractivity contribution in [3.8, 4) is 11.4 Å². The number of aromatic amines is 1. The molecule has 1 aliphatic rings. The Morgan fingerprint density at radius 1 is 1.39 bits per heavy atom. The fraction of sp³-hybridized carbons (Fsp3) is 0.450. The van der Waals surface area contributed by atoms with Crippen molar-refractivity contribution in [3.05, 3.63) is 30.5 Å². The summed E-state index contributed by atoms with van der Waals surface area (Å²) in [7, 11) is 1.66. The van der Waals surface area contributed by atoms with Gasteiger partial charge >= 0.3 is 0 Å². The quantitative estimate of drug-likeness (QED) is 0.426. The van der Waals surface area contributed by atoms with Crippen molar-refractivity contribution < 1.29 is 9.53 Å². The van der Waals surface area contributed by atoms with Crippen molar-refractivity contribution in [1.82, 2.24) is 25.1 Å². The fourth-order valence-electron chi connectivity index (χ4n) is 3.24. The monoisotopic (exact) mass is 399 g/mol. The van der Waals surface area contributed by atoms with Crippen LogP contribution in [-0.4, -0.2) is 51.2 Å². The van der Waals surface area contributed by atoms with Crippen LogP contribution in [0.1, 0.15) is 32.2 Å². The van der Waals surface area contributed by atoms with Gasteiger partial charge in [-0.15, -0.1) is 10.2 Å². The topological polar surface area (TPSA) is 84.8 Å². The van der Waals surface area contributed by atoms with Gasteiger partial charge in [-0.1, -0.05) is 30.0 Å². The number of amides is 1. The van der Waals surface area contributed by atoms with Crippen LogP contribution in [0.15, 0.2) is 35.6 Å². The molecule has 0 bridgehead atoms. The molecule has 1 amide bonds. The number of para-hydroxylation sites is 1. The van der Waals surface area contributed by atoms with Gasteiger partial charge in [0.05, 0.1) is 5.25 Å². The van der Waals surface area contributed by atoms with Crippen LogP contribution in [0.3, 0.4) is 0 Å². The molecule has 1 unspecified atom stereocenters. The zero-order valence-corrected chi connectivity index (χ0v) is 17.0. The van der Waals surface area contributed by atoms with E-state index in [-0.39, 0.29) is 11.2 Å². The number of carbonyl (C=O) groups is 1. The van der Waals surface area contributed by atoms with Crippen molar-refractivity contribution in [2.75, 3.05) is 20.3 Å². The lowest BCUT2D eigenvalue weighted by atomic mass is 10.1. The average molecular weight is 400 g/mol. The zero-order chi connectivity index (χ0) is 19.5. The van der Waals surface area contributed by atoms with Crippen molar-refractivity contribution in [2.45, 2.75) is 42.6 Å². The second kappa shape index (κ2) is 8.36. The molecule has 4 rings (SSSR count). The summed E-state index contributed by atoms with van der Waals surface area (Å²) in [6.45, 7) is 3.17. The van der Waals surface area contributed by atoms with Crippen LogP contribution in [0.2, 0.25) is 0 Å². The van der Waals surface area contributed by atoms with Gasteiger partial charge < -0.3 is 15.0 Å².